The van der Waals surface area contributed by atoms with E-state index in [9.17, 15) is 9.59 Å². The number of hydrogen-bond acceptors (Lipinski definition) is 6. The molecule has 0 spiro atoms. The van der Waals surface area contributed by atoms with Gasteiger partial charge in [-0.05, 0) is 79.6 Å². The number of imide groups is 1. The summed E-state index contributed by atoms with van der Waals surface area (Å²) < 4.78 is 5.70. The molecule has 1 aliphatic rings. The Labute approximate surface area is 254 Å². The van der Waals surface area contributed by atoms with Crippen molar-refractivity contribution in [2.45, 2.75) is 65.2 Å². The highest BCUT2D eigenvalue weighted by molar-refractivity contribution is 6.36. The van der Waals surface area contributed by atoms with E-state index in [1.165, 1.54) is 37.0 Å². The molecule has 0 saturated heterocycles. The maximum absolute atomic E-state index is 13.6. The number of rotatable bonds is 15. The summed E-state index contributed by atoms with van der Waals surface area (Å²) >= 11 is 0. The molecule has 43 heavy (non-hydrogen) atoms. The zero-order valence-corrected chi connectivity index (χ0v) is 25.1. The largest absolute Gasteiger partial charge is 0.494 e. The Balaban J connectivity index is 1.27. The number of carbonyl (C=O) groups excluding carboxylic acids is 2. The van der Waals surface area contributed by atoms with Gasteiger partial charge in [-0.1, -0.05) is 64.5 Å². The number of nitrogens with one attached hydrogen (secondary N) is 1. The number of unbranched alkanes of at least 4 members (excludes halogenated alkanes) is 6. The Kier molecular flexibility index (Phi) is 10.2. The predicted octanol–water partition coefficient (Wildman–Crippen LogP) is 10.0. The molecule has 2 amide bonds. The number of benzene rings is 4. The van der Waals surface area contributed by atoms with Crippen LogP contribution in [0.4, 0.5) is 22.7 Å². The zero-order valence-electron chi connectivity index (χ0n) is 25.1. The van der Waals surface area contributed by atoms with E-state index in [1.807, 2.05) is 48.5 Å². The average molecular weight is 577 g/mol. The molecule has 1 aliphatic heterocycles. The maximum atomic E-state index is 13.6. The third kappa shape index (κ3) is 7.11. The summed E-state index contributed by atoms with van der Waals surface area (Å²) in [6, 6.07) is 23.9. The fourth-order valence-electron chi connectivity index (χ4n) is 5.34. The second kappa shape index (κ2) is 14.6. The summed E-state index contributed by atoms with van der Waals surface area (Å²) in [5, 5.41) is 13.8. The van der Waals surface area contributed by atoms with Crippen LogP contribution in [0, 0.1) is 0 Å². The molecule has 0 saturated carbocycles. The van der Waals surface area contributed by atoms with Crippen LogP contribution in [0.2, 0.25) is 0 Å². The minimum atomic E-state index is -0.327. The Hall–Kier alpha value is -4.52. The van der Waals surface area contributed by atoms with E-state index >= 15 is 0 Å². The normalized spacial score (nSPS) is 12.8. The lowest BCUT2D eigenvalue weighted by molar-refractivity contribution is 0.0893. The second-order valence-corrected chi connectivity index (χ2v) is 10.9. The van der Waals surface area contributed by atoms with Crippen LogP contribution in [0.3, 0.4) is 0 Å². The van der Waals surface area contributed by atoms with Crippen LogP contribution in [0.15, 0.2) is 89.1 Å². The van der Waals surface area contributed by atoms with Gasteiger partial charge in [0.25, 0.3) is 11.8 Å². The molecule has 1 heterocycles. The smallest absolute Gasteiger partial charge is 0.265 e. The molecule has 0 aliphatic carbocycles. The van der Waals surface area contributed by atoms with Crippen molar-refractivity contribution in [2.75, 3.05) is 23.4 Å². The average Bonchev–Trinajstić information content (AvgIpc) is 3.04. The summed E-state index contributed by atoms with van der Waals surface area (Å²) in [6.07, 6.45) is 9.48. The molecule has 4 aromatic rings. The number of amides is 2. The number of nitrogens with zero attached hydrogens (tertiary/aromatic N) is 3. The number of carbonyl (C=O) groups is 2. The number of hydrogen-bond donors (Lipinski definition) is 1. The lowest BCUT2D eigenvalue weighted by atomic mass is 9.92. The van der Waals surface area contributed by atoms with E-state index in [2.05, 4.69) is 29.4 Å². The van der Waals surface area contributed by atoms with Gasteiger partial charge in [0.1, 0.15) is 5.75 Å². The topological polar surface area (TPSA) is 83.4 Å². The number of ether oxygens (including phenoxy) is 1. The van der Waals surface area contributed by atoms with Crippen molar-refractivity contribution in [3.05, 3.63) is 90.0 Å². The second-order valence-electron chi connectivity index (χ2n) is 10.9. The minimum absolute atomic E-state index is 0.327. The molecule has 7 heteroatoms. The fourth-order valence-corrected chi connectivity index (χ4v) is 5.34. The summed E-state index contributed by atoms with van der Waals surface area (Å²) in [6.45, 7) is 5.92. The van der Waals surface area contributed by atoms with Crippen LogP contribution in [-0.2, 0) is 0 Å². The van der Waals surface area contributed by atoms with Crippen LogP contribution < -0.4 is 15.0 Å². The van der Waals surface area contributed by atoms with Gasteiger partial charge in [0.2, 0.25) is 0 Å². The van der Waals surface area contributed by atoms with Gasteiger partial charge in [-0.2, -0.15) is 10.2 Å². The van der Waals surface area contributed by atoms with E-state index in [-0.39, 0.29) is 11.8 Å². The first kappa shape index (κ1) is 30.0. The van der Waals surface area contributed by atoms with Gasteiger partial charge in [-0.25, -0.2) is 4.90 Å². The van der Waals surface area contributed by atoms with Crippen molar-refractivity contribution in [2.24, 2.45) is 10.2 Å². The Morgan fingerprint density at radius 1 is 0.674 bits per heavy atom. The predicted molar refractivity (Wildman–Crippen MR) is 174 cm³/mol. The third-order valence-corrected chi connectivity index (χ3v) is 7.75. The van der Waals surface area contributed by atoms with Gasteiger partial charge in [0.05, 0.1) is 23.7 Å². The molecule has 5 rings (SSSR count). The molecule has 222 valence electrons. The first-order chi connectivity index (χ1) is 21.1. The lowest BCUT2D eigenvalue weighted by Gasteiger charge is -2.28. The summed E-state index contributed by atoms with van der Waals surface area (Å²) in [4.78, 5) is 28.5. The monoisotopic (exact) mass is 576 g/mol. The molecule has 0 fully saturated rings. The summed E-state index contributed by atoms with van der Waals surface area (Å²) in [7, 11) is 0. The Morgan fingerprint density at radius 3 is 2.00 bits per heavy atom. The number of azo groups is 1. The molecule has 1 N–H and O–H groups in total. The molecule has 0 atom stereocenters. The summed E-state index contributed by atoms with van der Waals surface area (Å²) in [5.41, 5.74) is 3.83. The lowest BCUT2D eigenvalue weighted by Crippen LogP contribution is -2.40. The molecular weight excluding hydrogens is 536 g/mol. The molecule has 0 bridgehead atoms. The van der Waals surface area contributed by atoms with Gasteiger partial charge in [0.15, 0.2) is 0 Å². The highest BCUT2D eigenvalue weighted by atomic mass is 16.5. The van der Waals surface area contributed by atoms with E-state index in [0.29, 0.717) is 40.2 Å². The van der Waals surface area contributed by atoms with E-state index in [4.69, 9.17) is 4.74 Å². The highest BCUT2D eigenvalue weighted by Gasteiger charge is 2.34. The van der Waals surface area contributed by atoms with E-state index in [0.717, 1.165) is 42.6 Å². The standard InChI is InChI=1S/C36H40N4O3/c1-3-5-7-8-9-10-24-37-33-23-22-32-34-30(33)12-11-13-31(34)35(41)40(36(32)42)28-18-14-26(15-19-28)38-39-27-16-20-29(21-17-27)43-25-6-4-2/h11-23,37H,3-10,24-25H2,1-2H3. The van der Waals surface area contributed by atoms with Gasteiger partial charge in [-0.15, -0.1) is 0 Å². The van der Waals surface area contributed by atoms with E-state index in [1.54, 1.807) is 30.3 Å². The highest BCUT2D eigenvalue weighted by Crippen LogP contribution is 2.36. The van der Waals surface area contributed by atoms with Gasteiger partial charge >= 0.3 is 0 Å². The van der Waals surface area contributed by atoms with Crippen LogP contribution in [0.1, 0.15) is 85.9 Å². The van der Waals surface area contributed by atoms with Crippen molar-refractivity contribution >= 4 is 45.3 Å². The third-order valence-electron chi connectivity index (χ3n) is 7.75. The van der Waals surface area contributed by atoms with Crippen molar-refractivity contribution in [3.8, 4) is 5.75 Å². The van der Waals surface area contributed by atoms with Crippen LogP contribution >= 0.6 is 0 Å². The van der Waals surface area contributed by atoms with Crippen LogP contribution in [0.25, 0.3) is 10.8 Å². The zero-order chi connectivity index (χ0) is 30.0. The summed E-state index contributed by atoms with van der Waals surface area (Å²) in [5.74, 6) is 0.157. The van der Waals surface area contributed by atoms with Gasteiger partial charge in [-0.3, -0.25) is 9.59 Å². The fraction of sp³-hybridized carbons (Fsp3) is 0.333. The van der Waals surface area contributed by atoms with Crippen molar-refractivity contribution < 1.29 is 14.3 Å². The SMILES string of the molecule is CCCCCCCCNc1ccc2c3c(cccc13)C(=O)N(c1ccc(N=Nc3ccc(OCCCC)cc3)cc1)C2=O. The quantitative estimate of drug-likeness (QED) is 0.0867. The molecule has 0 radical (unpaired) electrons. The van der Waals surface area contributed by atoms with Gasteiger partial charge in [0, 0.05) is 34.1 Å². The number of anilines is 2. The first-order valence-corrected chi connectivity index (χ1v) is 15.5. The van der Waals surface area contributed by atoms with Crippen molar-refractivity contribution in [1.82, 2.24) is 0 Å². The van der Waals surface area contributed by atoms with Gasteiger partial charge < -0.3 is 10.1 Å². The first-order valence-electron chi connectivity index (χ1n) is 15.5. The molecule has 0 aromatic heterocycles. The maximum Gasteiger partial charge on any atom is 0.265 e. The van der Waals surface area contributed by atoms with Crippen LogP contribution in [0.5, 0.6) is 5.75 Å². The van der Waals surface area contributed by atoms with Crippen LogP contribution in [-0.4, -0.2) is 25.0 Å². The Bertz CT molecular complexity index is 1560. The van der Waals surface area contributed by atoms with Crippen molar-refractivity contribution in [1.29, 1.82) is 0 Å². The molecule has 0 unspecified atom stereocenters. The Morgan fingerprint density at radius 2 is 1.30 bits per heavy atom. The van der Waals surface area contributed by atoms with E-state index < -0.39 is 0 Å². The molecule has 7 nitrogen and oxygen atoms in total. The van der Waals surface area contributed by atoms with Crippen molar-refractivity contribution in [3.63, 3.8) is 0 Å². The minimum Gasteiger partial charge on any atom is -0.494 e. The molecular formula is C36H40N4O3. The molecule has 4 aromatic carbocycles.